The van der Waals surface area contributed by atoms with Gasteiger partial charge in [0.05, 0.1) is 16.0 Å². The van der Waals surface area contributed by atoms with E-state index in [1.54, 1.807) is 31.2 Å². The summed E-state index contributed by atoms with van der Waals surface area (Å²) in [6.07, 6.45) is 1.29. The van der Waals surface area contributed by atoms with Crippen LogP contribution >= 0.6 is 27.5 Å². The molecule has 13 heteroatoms. The molecule has 0 aliphatic carbocycles. The van der Waals surface area contributed by atoms with E-state index in [-0.39, 0.29) is 28.2 Å². The molecule has 0 heterocycles. The third-order valence-corrected chi connectivity index (χ3v) is 6.68. The van der Waals surface area contributed by atoms with Crippen LogP contribution in [-0.2, 0) is 14.9 Å². The maximum Gasteiger partial charge on any atom is 0.339 e. The standard InChI is InChI=1S/C24H17BrClN3O7S/c1-2-35-22-12-15(10-16(14-27)24(30)28-18-8-6-17(26)7-9-18)11-21(25)23(22)36-37(33,34)20-5-3-4-19(13-20)29(31)32/h3-13H,2H2,1H3,(H,28,30)/b16-10-. The third kappa shape index (κ3) is 7.07. The highest BCUT2D eigenvalue weighted by molar-refractivity contribution is 9.10. The molecule has 10 nitrogen and oxygen atoms in total. The number of nitro benzene ring substituents is 1. The third-order valence-electron chi connectivity index (χ3n) is 4.62. The van der Waals surface area contributed by atoms with Gasteiger partial charge in [0.15, 0.2) is 11.5 Å². The smallest absolute Gasteiger partial charge is 0.339 e. The zero-order valence-electron chi connectivity index (χ0n) is 19.0. The minimum absolute atomic E-state index is 0.00692. The van der Waals surface area contributed by atoms with E-state index in [0.29, 0.717) is 16.3 Å². The van der Waals surface area contributed by atoms with E-state index in [1.807, 2.05) is 6.07 Å². The highest BCUT2D eigenvalue weighted by atomic mass is 79.9. The molecular formula is C24H17BrClN3O7S. The summed E-state index contributed by atoms with van der Waals surface area (Å²) in [6.45, 7) is 1.80. The first-order valence-corrected chi connectivity index (χ1v) is 13.0. The quantitative estimate of drug-likeness (QED) is 0.107. The Hall–Kier alpha value is -3.92. The molecule has 0 bridgehead atoms. The highest BCUT2D eigenvalue weighted by Gasteiger charge is 2.24. The zero-order valence-corrected chi connectivity index (χ0v) is 22.1. The lowest BCUT2D eigenvalue weighted by molar-refractivity contribution is -0.385. The number of non-ortho nitro benzene ring substituents is 1. The van der Waals surface area contributed by atoms with Crippen molar-refractivity contribution in [1.29, 1.82) is 5.26 Å². The van der Waals surface area contributed by atoms with Gasteiger partial charge in [-0.2, -0.15) is 13.7 Å². The number of carbonyl (C=O) groups excluding carboxylic acids is 1. The van der Waals surface area contributed by atoms with Crippen molar-refractivity contribution in [2.75, 3.05) is 11.9 Å². The van der Waals surface area contributed by atoms with Crippen molar-refractivity contribution >= 4 is 61.0 Å². The SMILES string of the molecule is CCOc1cc(/C=C(/C#N)C(=O)Nc2ccc(Cl)cc2)cc(Br)c1OS(=O)(=O)c1cccc([N+](=O)[O-])c1. The second-order valence-corrected chi connectivity index (χ2v) is 10.0. The van der Waals surface area contributed by atoms with Crippen molar-refractivity contribution in [3.63, 3.8) is 0 Å². The summed E-state index contributed by atoms with van der Waals surface area (Å²) < 4.78 is 36.6. The maximum atomic E-state index is 12.8. The first-order chi connectivity index (χ1) is 17.5. The zero-order chi connectivity index (χ0) is 27.2. The first-order valence-electron chi connectivity index (χ1n) is 10.4. The van der Waals surface area contributed by atoms with Gasteiger partial charge in [-0.1, -0.05) is 17.7 Å². The van der Waals surface area contributed by atoms with Crippen molar-refractivity contribution < 1.29 is 27.1 Å². The molecule has 0 fully saturated rings. The number of ether oxygens (including phenoxy) is 1. The van der Waals surface area contributed by atoms with E-state index in [1.165, 1.54) is 24.3 Å². The molecule has 0 saturated heterocycles. The second kappa shape index (κ2) is 11.9. The number of anilines is 1. The average Bonchev–Trinajstić information content (AvgIpc) is 2.86. The molecule has 0 atom stereocenters. The molecule has 3 aromatic carbocycles. The van der Waals surface area contributed by atoms with E-state index in [0.717, 1.165) is 18.2 Å². The van der Waals surface area contributed by atoms with E-state index >= 15 is 0 Å². The molecule has 1 amide bonds. The fourth-order valence-corrected chi connectivity index (χ4v) is 4.74. The second-order valence-electron chi connectivity index (χ2n) is 7.19. The number of nitrogens with zero attached hydrogens (tertiary/aromatic N) is 2. The van der Waals surface area contributed by atoms with Crippen LogP contribution in [0, 0.1) is 21.4 Å². The molecule has 37 heavy (non-hydrogen) atoms. The fraction of sp³-hybridized carbons (Fsp3) is 0.0833. The van der Waals surface area contributed by atoms with Crippen LogP contribution in [0.15, 0.2) is 75.6 Å². The summed E-state index contributed by atoms with van der Waals surface area (Å²) in [6, 6.07) is 15.4. The van der Waals surface area contributed by atoms with Crippen LogP contribution in [-0.4, -0.2) is 25.9 Å². The summed E-state index contributed by atoms with van der Waals surface area (Å²) in [4.78, 5) is 22.5. The van der Waals surface area contributed by atoms with Gasteiger partial charge in [-0.25, -0.2) is 0 Å². The average molecular weight is 607 g/mol. The molecule has 0 saturated carbocycles. The van der Waals surface area contributed by atoms with Gasteiger partial charge in [-0.3, -0.25) is 14.9 Å². The van der Waals surface area contributed by atoms with Gasteiger partial charge >= 0.3 is 10.1 Å². The molecule has 190 valence electrons. The predicted octanol–water partition coefficient (Wildman–Crippen LogP) is 5.72. The lowest BCUT2D eigenvalue weighted by atomic mass is 10.1. The first kappa shape index (κ1) is 27.7. The molecule has 3 rings (SSSR count). The van der Waals surface area contributed by atoms with Gasteiger partial charge in [0.2, 0.25) is 0 Å². The number of hydrogen-bond donors (Lipinski definition) is 1. The Balaban J connectivity index is 1.95. The minimum Gasteiger partial charge on any atom is -0.490 e. The summed E-state index contributed by atoms with van der Waals surface area (Å²) in [5, 5.41) is 23.6. The monoisotopic (exact) mass is 605 g/mol. The maximum absolute atomic E-state index is 12.8. The molecule has 0 aliphatic rings. The molecule has 0 spiro atoms. The largest absolute Gasteiger partial charge is 0.490 e. The van der Waals surface area contributed by atoms with Crippen LogP contribution in [0.4, 0.5) is 11.4 Å². The van der Waals surface area contributed by atoms with Crippen molar-refractivity contribution in [2.24, 2.45) is 0 Å². The number of benzene rings is 3. The lowest BCUT2D eigenvalue weighted by Gasteiger charge is -2.14. The van der Waals surface area contributed by atoms with Crippen LogP contribution in [0.5, 0.6) is 11.5 Å². The minimum atomic E-state index is -4.48. The van der Waals surface area contributed by atoms with E-state index in [9.17, 15) is 28.6 Å². The Morgan fingerprint density at radius 3 is 2.54 bits per heavy atom. The number of amides is 1. The Morgan fingerprint density at radius 2 is 1.92 bits per heavy atom. The van der Waals surface area contributed by atoms with Gasteiger partial charge in [0.25, 0.3) is 11.6 Å². The van der Waals surface area contributed by atoms with Crippen LogP contribution in [0.1, 0.15) is 12.5 Å². The summed E-state index contributed by atoms with van der Waals surface area (Å²) in [5.74, 6) is -0.894. The van der Waals surface area contributed by atoms with Gasteiger partial charge in [0, 0.05) is 22.8 Å². The Morgan fingerprint density at radius 1 is 1.22 bits per heavy atom. The number of rotatable bonds is 9. The van der Waals surface area contributed by atoms with Crippen LogP contribution in [0.3, 0.4) is 0 Å². The Labute approximate surface area is 225 Å². The topological polar surface area (TPSA) is 149 Å². The lowest BCUT2D eigenvalue weighted by Crippen LogP contribution is -2.13. The summed E-state index contributed by atoms with van der Waals surface area (Å²) in [5.41, 5.74) is 0.109. The highest BCUT2D eigenvalue weighted by Crippen LogP contribution is 2.39. The number of nitrogens with one attached hydrogen (secondary N) is 1. The molecule has 0 aliphatic heterocycles. The van der Waals surface area contributed by atoms with Gasteiger partial charge in [-0.15, -0.1) is 0 Å². The number of nitriles is 1. The molecule has 0 aromatic heterocycles. The Kier molecular flexibility index (Phi) is 8.88. The molecular weight excluding hydrogens is 590 g/mol. The number of nitro groups is 1. The van der Waals surface area contributed by atoms with E-state index in [4.69, 9.17) is 20.5 Å². The van der Waals surface area contributed by atoms with Crippen molar-refractivity contribution in [2.45, 2.75) is 11.8 Å². The number of carbonyl (C=O) groups is 1. The van der Waals surface area contributed by atoms with E-state index < -0.39 is 31.5 Å². The van der Waals surface area contributed by atoms with Gasteiger partial charge < -0.3 is 14.2 Å². The van der Waals surface area contributed by atoms with Crippen LogP contribution in [0.25, 0.3) is 6.08 Å². The van der Waals surface area contributed by atoms with Crippen LogP contribution in [0.2, 0.25) is 5.02 Å². The van der Waals surface area contributed by atoms with Crippen molar-refractivity contribution in [3.05, 3.63) is 91.4 Å². The molecule has 0 unspecified atom stereocenters. The molecule has 1 N–H and O–H groups in total. The normalized spacial score (nSPS) is 11.4. The molecule has 0 radical (unpaired) electrons. The van der Waals surface area contributed by atoms with Crippen LogP contribution < -0.4 is 14.2 Å². The fourth-order valence-electron chi connectivity index (χ4n) is 2.97. The number of hydrogen-bond acceptors (Lipinski definition) is 8. The van der Waals surface area contributed by atoms with E-state index in [2.05, 4.69) is 21.2 Å². The summed E-state index contributed by atoms with van der Waals surface area (Å²) >= 11 is 9.08. The van der Waals surface area contributed by atoms with Gasteiger partial charge in [-0.05, 0) is 77.0 Å². The molecule has 3 aromatic rings. The predicted molar refractivity (Wildman–Crippen MR) is 140 cm³/mol. The Bertz CT molecular complexity index is 1530. The van der Waals surface area contributed by atoms with Gasteiger partial charge in [0.1, 0.15) is 16.5 Å². The van der Waals surface area contributed by atoms with Crippen molar-refractivity contribution in [1.82, 2.24) is 0 Å². The van der Waals surface area contributed by atoms with Crippen molar-refractivity contribution in [3.8, 4) is 17.6 Å². The summed E-state index contributed by atoms with van der Waals surface area (Å²) in [7, 11) is -4.48. The number of halogens is 2.